The summed E-state index contributed by atoms with van der Waals surface area (Å²) in [6.07, 6.45) is -5.06. The number of nitrogens with zero attached hydrogens (tertiary/aromatic N) is 1. The van der Waals surface area contributed by atoms with E-state index in [-0.39, 0.29) is 38.7 Å². The van der Waals surface area contributed by atoms with Crippen LogP contribution in [0.4, 0.5) is 33.3 Å². The molecule has 0 bridgehead atoms. The SMILES string of the molecule is CC(O)c1cc(F)cc(N)c1-c1cc(Cl)c(C(=O)Nc2ccnc(C(F)(F)F)c2)cc1F. The van der Waals surface area contributed by atoms with E-state index in [1.165, 1.54) is 6.92 Å². The summed E-state index contributed by atoms with van der Waals surface area (Å²) in [5, 5.41) is 11.9. The Morgan fingerprint density at radius 3 is 2.50 bits per heavy atom. The quantitative estimate of drug-likeness (QED) is 0.342. The number of aliphatic hydroxyl groups excluding tert-OH is 1. The molecule has 1 amide bonds. The number of aliphatic hydroxyl groups is 1. The van der Waals surface area contributed by atoms with Crippen molar-refractivity contribution in [2.24, 2.45) is 0 Å². The minimum Gasteiger partial charge on any atom is -0.398 e. The van der Waals surface area contributed by atoms with E-state index in [4.69, 9.17) is 17.3 Å². The van der Waals surface area contributed by atoms with Gasteiger partial charge in [-0.25, -0.2) is 8.78 Å². The van der Waals surface area contributed by atoms with Crippen LogP contribution in [0.2, 0.25) is 5.02 Å². The molecule has 0 radical (unpaired) electrons. The van der Waals surface area contributed by atoms with Crippen LogP contribution in [-0.4, -0.2) is 16.0 Å². The van der Waals surface area contributed by atoms with Crippen LogP contribution in [0, 0.1) is 11.6 Å². The number of nitrogen functional groups attached to an aromatic ring is 1. The lowest BCUT2D eigenvalue weighted by Gasteiger charge is -2.17. The number of anilines is 2. The second-order valence-electron chi connectivity index (χ2n) is 6.83. The number of rotatable bonds is 4. The summed E-state index contributed by atoms with van der Waals surface area (Å²) in [6.45, 7) is 1.34. The smallest absolute Gasteiger partial charge is 0.398 e. The standard InChI is InChI=1S/C21H15ClF5N3O2/c1-9(31)12-4-10(23)5-17(28)19(12)14-7-15(22)13(8-16(14)24)20(32)30-11-2-3-29-18(6-11)21(25,26)27/h2-9,31H,28H2,1H3,(H,29,30,32). The molecule has 0 aliphatic heterocycles. The highest BCUT2D eigenvalue weighted by Crippen LogP contribution is 2.38. The first-order valence-electron chi connectivity index (χ1n) is 8.99. The fraction of sp³-hybridized carbons (Fsp3) is 0.143. The van der Waals surface area contributed by atoms with E-state index in [0.29, 0.717) is 6.07 Å². The predicted molar refractivity (Wildman–Crippen MR) is 109 cm³/mol. The third-order valence-corrected chi connectivity index (χ3v) is 4.81. The number of nitrogens with two attached hydrogens (primary N) is 1. The maximum atomic E-state index is 14.9. The minimum absolute atomic E-state index is 0.00305. The zero-order valence-electron chi connectivity index (χ0n) is 16.3. The molecule has 168 valence electrons. The molecule has 32 heavy (non-hydrogen) atoms. The van der Waals surface area contributed by atoms with Gasteiger partial charge in [0.2, 0.25) is 0 Å². The number of pyridine rings is 1. The molecule has 0 saturated heterocycles. The number of halogens is 6. The molecule has 3 rings (SSSR count). The third-order valence-electron chi connectivity index (χ3n) is 4.49. The maximum Gasteiger partial charge on any atom is 0.433 e. The van der Waals surface area contributed by atoms with E-state index >= 15 is 0 Å². The van der Waals surface area contributed by atoms with E-state index in [1.807, 2.05) is 0 Å². The topological polar surface area (TPSA) is 88.2 Å². The zero-order chi connectivity index (χ0) is 23.8. The molecule has 0 aliphatic rings. The highest BCUT2D eigenvalue weighted by atomic mass is 35.5. The molecule has 1 unspecified atom stereocenters. The van der Waals surface area contributed by atoms with Crippen molar-refractivity contribution < 1.29 is 31.9 Å². The lowest BCUT2D eigenvalue weighted by molar-refractivity contribution is -0.141. The summed E-state index contributed by atoms with van der Waals surface area (Å²) in [7, 11) is 0. The monoisotopic (exact) mass is 471 g/mol. The Kier molecular flexibility index (Phi) is 6.38. The summed E-state index contributed by atoms with van der Waals surface area (Å²) in [5.41, 5.74) is 3.66. The number of carbonyl (C=O) groups excluding carboxylic acids is 1. The summed E-state index contributed by atoms with van der Waals surface area (Å²) in [4.78, 5) is 15.7. The van der Waals surface area contributed by atoms with Crippen LogP contribution in [0.5, 0.6) is 0 Å². The Morgan fingerprint density at radius 2 is 1.88 bits per heavy atom. The number of amides is 1. The highest BCUT2D eigenvalue weighted by Gasteiger charge is 2.32. The molecular formula is C21H15ClF5N3O2. The molecular weight excluding hydrogens is 457 g/mol. The van der Waals surface area contributed by atoms with E-state index < -0.39 is 35.5 Å². The first-order valence-corrected chi connectivity index (χ1v) is 9.37. The number of carbonyl (C=O) groups is 1. The van der Waals surface area contributed by atoms with Crippen molar-refractivity contribution in [2.75, 3.05) is 11.1 Å². The van der Waals surface area contributed by atoms with Gasteiger partial charge in [-0.1, -0.05) is 11.6 Å². The fourth-order valence-electron chi connectivity index (χ4n) is 3.06. The Hall–Kier alpha value is -3.24. The Morgan fingerprint density at radius 1 is 1.19 bits per heavy atom. The van der Waals surface area contributed by atoms with Gasteiger partial charge in [-0.05, 0) is 48.9 Å². The molecule has 1 atom stereocenters. The van der Waals surface area contributed by atoms with E-state index in [2.05, 4.69) is 10.3 Å². The second kappa shape index (κ2) is 8.71. The highest BCUT2D eigenvalue weighted by molar-refractivity contribution is 6.34. The molecule has 0 aliphatic carbocycles. The van der Waals surface area contributed by atoms with Crippen LogP contribution in [-0.2, 0) is 6.18 Å². The molecule has 5 nitrogen and oxygen atoms in total. The van der Waals surface area contributed by atoms with Gasteiger partial charge in [0.25, 0.3) is 5.91 Å². The van der Waals surface area contributed by atoms with Crippen molar-refractivity contribution in [1.82, 2.24) is 4.98 Å². The average molecular weight is 472 g/mol. The van der Waals surface area contributed by atoms with Gasteiger partial charge in [0, 0.05) is 28.7 Å². The molecule has 11 heteroatoms. The summed E-state index contributed by atoms with van der Waals surface area (Å²) < 4.78 is 67.0. The lowest BCUT2D eigenvalue weighted by Crippen LogP contribution is -2.15. The van der Waals surface area contributed by atoms with Crippen molar-refractivity contribution >= 4 is 28.9 Å². The first-order chi connectivity index (χ1) is 14.9. The maximum absolute atomic E-state index is 14.9. The average Bonchev–Trinajstić information content (AvgIpc) is 2.68. The van der Waals surface area contributed by atoms with Crippen molar-refractivity contribution in [3.05, 3.63) is 76.1 Å². The predicted octanol–water partition coefficient (Wildman–Crippen LogP) is 5.59. The van der Waals surface area contributed by atoms with Gasteiger partial charge in [0.15, 0.2) is 0 Å². The van der Waals surface area contributed by atoms with Crippen molar-refractivity contribution in [2.45, 2.75) is 19.2 Å². The van der Waals surface area contributed by atoms with Gasteiger partial charge in [0.1, 0.15) is 17.3 Å². The second-order valence-corrected chi connectivity index (χ2v) is 7.24. The van der Waals surface area contributed by atoms with E-state index in [0.717, 1.165) is 36.5 Å². The molecule has 4 N–H and O–H groups in total. The van der Waals surface area contributed by atoms with Gasteiger partial charge in [-0.2, -0.15) is 13.2 Å². The van der Waals surface area contributed by atoms with E-state index in [9.17, 15) is 31.9 Å². The van der Waals surface area contributed by atoms with Crippen LogP contribution in [0.25, 0.3) is 11.1 Å². The van der Waals surface area contributed by atoms with E-state index in [1.54, 1.807) is 0 Å². The van der Waals surface area contributed by atoms with Crippen LogP contribution in [0.1, 0.15) is 34.6 Å². The van der Waals surface area contributed by atoms with Crippen molar-refractivity contribution in [3.63, 3.8) is 0 Å². The molecule has 0 fully saturated rings. The van der Waals surface area contributed by atoms with Crippen LogP contribution in [0.15, 0.2) is 42.6 Å². The largest absolute Gasteiger partial charge is 0.433 e. The number of hydrogen-bond acceptors (Lipinski definition) is 4. The van der Waals surface area contributed by atoms with Crippen LogP contribution in [0.3, 0.4) is 0 Å². The zero-order valence-corrected chi connectivity index (χ0v) is 17.0. The van der Waals surface area contributed by atoms with Gasteiger partial charge >= 0.3 is 6.18 Å². The molecule has 1 aromatic heterocycles. The van der Waals surface area contributed by atoms with Crippen molar-refractivity contribution in [3.8, 4) is 11.1 Å². The van der Waals surface area contributed by atoms with Gasteiger partial charge < -0.3 is 16.2 Å². The Balaban J connectivity index is 2.00. The molecule has 2 aromatic carbocycles. The van der Waals surface area contributed by atoms with Gasteiger partial charge in [0.05, 0.1) is 16.7 Å². The Bertz CT molecular complexity index is 1200. The fourth-order valence-corrected chi connectivity index (χ4v) is 3.31. The van der Waals surface area contributed by atoms with Crippen molar-refractivity contribution in [1.29, 1.82) is 0 Å². The first kappa shape index (κ1) is 23.4. The third kappa shape index (κ3) is 4.81. The number of benzene rings is 2. The Labute approximate surface area is 183 Å². The minimum atomic E-state index is -4.72. The van der Waals surface area contributed by atoms with Gasteiger partial charge in [-0.15, -0.1) is 0 Å². The van der Waals surface area contributed by atoms with Gasteiger partial charge in [-0.3, -0.25) is 9.78 Å². The summed E-state index contributed by atoms with van der Waals surface area (Å²) in [6, 6.07) is 5.51. The summed E-state index contributed by atoms with van der Waals surface area (Å²) in [5.74, 6) is -2.67. The number of alkyl halides is 3. The molecule has 0 spiro atoms. The van der Waals surface area contributed by atoms with Crippen LogP contribution < -0.4 is 11.1 Å². The normalized spacial score (nSPS) is 12.5. The number of hydrogen-bond donors (Lipinski definition) is 3. The molecule has 0 saturated carbocycles. The molecule has 3 aromatic rings. The summed E-state index contributed by atoms with van der Waals surface area (Å²) >= 11 is 6.13. The molecule has 1 heterocycles. The number of nitrogens with one attached hydrogen (secondary N) is 1. The van der Waals surface area contributed by atoms with Crippen LogP contribution >= 0.6 is 11.6 Å². The number of aromatic nitrogens is 1. The lowest BCUT2D eigenvalue weighted by atomic mass is 9.93.